The Kier molecular flexibility index (Phi) is 4.71. The van der Waals surface area contributed by atoms with Crippen molar-refractivity contribution in [3.8, 4) is 0 Å². The van der Waals surface area contributed by atoms with Crippen molar-refractivity contribution in [3.63, 3.8) is 0 Å². The molecule has 1 amide bonds. The van der Waals surface area contributed by atoms with Crippen LogP contribution in [0.15, 0.2) is 24.3 Å². The number of nitrogens with one attached hydrogen (secondary N) is 2. The molecule has 1 unspecified atom stereocenters. The summed E-state index contributed by atoms with van der Waals surface area (Å²) in [6.07, 6.45) is 0. The molecule has 0 radical (unpaired) electrons. The first kappa shape index (κ1) is 16.3. The van der Waals surface area contributed by atoms with Crippen LogP contribution in [0.5, 0.6) is 0 Å². The number of aromatic nitrogens is 1. The molecule has 0 fully saturated rings. The molecule has 116 valence electrons. The van der Waals surface area contributed by atoms with Crippen LogP contribution in [0.4, 0.5) is 0 Å². The summed E-state index contributed by atoms with van der Waals surface area (Å²) in [7, 11) is 0. The smallest absolute Gasteiger partial charge is 0.268 e. The van der Waals surface area contributed by atoms with Gasteiger partial charge in [0.15, 0.2) is 5.78 Å². The van der Waals surface area contributed by atoms with Crippen LogP contribution in [0.25, 0.3) is 0 Å². The van der Waals surface area contributed by atoms with E-state index < -0.39 is 0 Å². The summed E-state index contributed by atoms with van der Waals surface area (Å²) in [4.78, 5) is 27.1. The molecule has 0 aliphatic heterocycles. The maximum absolute atomic E-state index is 12.5. The van der Waals surface area contributed by atoms with E-state index in [2.05, 4.69) is 10.3 Å². The number of Topliss-reactive ketones (excluding diaryl/α,β-unsaturated/α-hetero) is 1. The molecule has 1 aromatic carbocycles. The van der Waals surface area contributed by atoms with Crippen molar-refractivity contribution in [1.29, 1.82) is 0 Å². The summed E-state index contributed by atoms with van der Waals surface area (Å²) >= 11 is 6.15. The van der Waals surface area contributed by atoms with Crippen LogP contribution < -0.4 is 5.32 Å². The second kappa shape index (κ2) is 6.36. The lowest BCUT2D eigenvalue weighted by Gasteiger charge is -2.15. The number of carbonyl (C=O) groups is 2. The van der Waals surface area contributed by atoms with Crippen LogP contribution in [-0.4, -0.2) is 16.7 Å². The molecule has 4 nitrogen and oxygen atoms in total. The van der Waals surface area contributed by atoms with Gasteiger partial charge in [0, 0.05) is 16.3 Å². The Morgan fingerprint density at radius 1 is 1.23 bits per heavy atom. The van der Waals surface area contributed by atoms with Crippen LogP contribution in [0.3, 0.4) is 0 Å². The molecule has 0 aliphatic carbocycles. The molecule has 1 atom stereocenters. The van der Waals surface area contributed by atoms with Crippen LogP contribution in [0, 0.1) is 13.8 Å². The lowest BCUT2D eigenvalue weighted by Crippen LogP contribution is -2.27. The van der Waals surface area contributed by atoms with Crippen LogP contribution in [-0.2, 0) is 0 Å². The van der Waals surface area contributed by atoms with Gasteiger partial charge in [-0.3, -0.25) is 9.59 Å². The zero-order valence-electron chi connectivity index (χ0n) is 13.1. The van der Waals surface area contributed by atoms with Crippen molar-refractivity contribution in [2.45, 2.75) is 33.7 Å². The van der Waals surface area contributed by atoms with Crippen molar-refractivity contribution in [1.82, 2.24) is 10.3 Å². The van der Waals surface area contributed by atoms with Gasteiger partial charge in [0.2, 0.25) is 0 Å². The number of H-pyrrole nitrogens is 1. The monoisotopic (exact) mass is 318 g/mol. The third kappa shape index (κ3) is 3.07. The minimum atomic E-state index is -0.250. The number of benzene rings is 1. The summed E-state index contributed by atoms with van der Waals surface area (Å²) in [5.74, 6) is -0.301. The Balaban J connectivity index is 2.25. The predicted molar refractivity (Wildman–Crippen MR) is 87.6 cm³/mol. The Morgan fingerprint density at radius 3 is 2.41 bits per heavy atom. The van der Waals surface area contributed by atoms with Crippen LogP contribution in [0.1, 0.15) is 57.6 Å². The second-order valence-electron chi connectivity index (χ2n) is 5.40. The summed E-state index contributed by atoms with van der Waals surface area (Å²) in [6, 6.07) is 7.16. The van der Waals surface area contributed by atoms with Crippen LogP contribution in [0.2, 0.25) is 5.02 Å². The average Bonchev–Trinajstić information content (AvgIpc) is 2.74. The number of amides is 1. The number of halogens is 1. The van der Waals surface area contributed by atoms with E-state index >= 15 is 0 Å². The first-order valence-corrected chi connectivity index (χ1v) is 7.46. The molecular formula is C17H19ClN2O2. The molecule has 2 rings (SSSR count). The summed E-state index contributed by atoms with van der Waals surface area (Å²) in [5.41, 5.74) is 3.23. The molecule has 1 aromatic heterocycles. The number of aryl methyl sites for hydroxylation is 1. The number of hydrogen-bond acceptors (Lipinski definition) is 2. The van der Waals surface area contributed by atoms with E-state index in [-0.39, 0.29) is 17.7 Å². The maximum atomic E-state index is 12.5. The van der Waals surface area contributed by atoms with Crippen molar-refractivity contribution in [2.75, 3.05) is 0 Å². The highest BCUT2D eigenvalue weighted by molar-refractivity contribution is 6.31. The molecule has 0 aliphatic rings. The molecule has 2 N–H and O–H groups in total. The molecule has 5 heteroatoms. The van der Waals surface area contributed by atoms with Gasteiger partial charge in [-0.05, 0) is 44.9 Å². The molecular weight excluding hydrogens is 300 g/mol. The molecule has 2 aromatic rings. The topological polar surface area (TPSA) is 62.0 Å². The molecule has 0 bridgehead atoms. The van der Waals surface area contributed by atoms with Gasteiger partial charge < -0.3 is 10.3 Å². The highest BCUT2D eigenvalue weighted by Gasteiger charge is 2.21. The normalized spacial score (nSPS) is 12.0. The van der Waals surface area contributed by atoms with Gasteiger partial charge in [-0.15, -0.1) is 0 Å². The number of ketones is 1. The van der Waals surface area contributed by atoms with E-state index in [0.29, 0.717) is 27.5 Å². The fourth-order valence-electron chi connectivity index (χ4n) is 2.68. The summed E-state index contributed by atoms with van der Waals surface area (Å²) < 4.78 is 0. The van der Waals surface area contributed by atoms with E-state index in [4.69, 9.17) is 11.6 Å². The van der Waals surface area contributed by atoms with E-state index in [0.717, 1.165) is 5.56 Å². The molecule has 1 heterocycles. The fraction of sp³-hybridized carbons (Fsp3) is 0.294. The Bertz CT molecular complexity index is 734. The van der Waals surface area contributed by atoms with Gasteiger partial charge in [0.25, 0.3) is 5.91 Å². The highest BCUT2D eigenvalue weighted by atomic mass is 35.5. The van der Waals surface area contributed by atoms with Gasteiger partial charge in [-0.25, -0.2) is 0 Å². The maximum Gasteiger partial charge on any atom is 0.268 e. The lowest BCUT2D eigenvalue weighted by atomic mass is 10.1. The van der Waals surface area contributed by atoms with Crippen molar-refractivity contribution in [2.24, 2.45) is 0 Å². The average molecular weight is 319 g/mol. The SMILES string of the molecule is CC(=O)c1c(C)[nH]c(C(=O)NC(C)c2ccccc2Cl)c1C. The molecule has 22 heavy (non-hydrogen) atoms. The van der Waals surface area contributed by atoms with E-state index in [1.54, 1.807) is 19.9 Å². The highest BCUT2D eigenvalue weighted by Crippen LogP contribution is 2.23. The molecule has 0 saturated heterocycles. The van der Waals surface area contributed by atoms with Gasteiger partial charge in [-0.1, -0.05) is 29.8 Å². The van der Waals surface area contributed by atoms with Crippen molar-refractivity contribution < 1.29 is 9.59 Å². The molecule has 0 saturated carbocycles. The number of rotatable bonds is 4. The first-order chi connectivity index (χ1) is 10.3. The van der Waals surface area contributed by atoms with Gasteiger partial charge in [-0.2, -0.15) is 0 Å². The molecule has 0 spiro atoms. The largest absolute Gasteiger partial charge is 0.354 e. The van der Waals surface area contributed by atoms with E-state index in [9.17, 15) is 9.59 Å². The van der Waals surface area contributed by atoms with Crippen molar-refractivity contribution >= 4 is 23.3 Å². The van der Waals surface area contributed by atoms with E-state index in [1.165, 1.54) is 6.92 Å². The van der Waals surface area contributed by atoms with Crippen molar-refractivity contribution in [3.05, 3.63) is 57.4 Å². The summed E-state index contributed by atoms with van der Waals surface area (Å²) in [5, 5.41) is 3.52. The number of hydrogen-bond donors (Lipinski definition) is 2. The first-order valence-electron chi connectivity index (χ1n) is 7.08. The number of carbonyl (C=O) groups excluding carboxylic acids is 2. The predicted octanol–water partition coefficient (Wildman–Crippen LogP) is 3.98. The fourth-order valence-corrected chi connectivity index (χ4v) is 2.98. The minimum Gasteiger partial charge on any atom is -0.354 e. The van der Waals surface area contributed by atoms with Gasteiger partial charge in [0.1, 0.15) is 5.69 Å². The third-order valence-electron chi connectivity index (χ3n) is 3.74. The van der Waals surface area contributed by atoms with Crippen LogP contribution >= 0.6 is 11.6 Å². The Morgan fingerprint density at radius 2 is 1.86 bits per heavy atom. The zero-order chi connectivity index (χ0) is 16.4. The zero-order valence-corrected chi connectivity index (χ0v) is 13.8. The second-order valence-corrected chi connectivity index (χ2v) is 5.81. The Labute approximate surface area is 134 Å². The van der Waals surface area contributed by atoms with Gasteiger partial charge in [0.05, 0.1) is 6.04 Å². The Hall–Kier alpha value is -2.07. The minimum absolute atomic E-state index is 0.0514. The standard InChI is InChI=1S/C17H19ClN2O2/c1-9-15(12(4)21)11(3)19-16(9)17(22)20-10(2)13-7-5-6-8-14(13)18/h5-8,10,19H,1-4H3,(H,20,22). The van der Waals surface area contributed by atoms with Gasteiger partial charge >= 0.3 is 0 Å². The summed E-state index contributed by atoms with van der Waals surface area (Å²) in [6.45, 7) is 6.93. The lowest BCUT2D eigenvalue weighted by molar-refractivity contribution is 0.0934. The quantitative estimate of drug-likeness (QED) is 0.838. The third-order valence-corrected chi connectivity index (χ3v) is 4.08. The van der Waals surface area contributed by atoms with E-state index in [1.807, 2.05) is 25.1 Å². The number of aromatic amines is 1.